The fraction of sp³-hybridized carbons (Fsp3) is 0.176. The number of hydrogen-bond donors (Lipinski definition) is 1. The monoisotopic (exact) mass is 365 g/mol. The number of nitrogens with zero attached hydrogens (tertiary/aromatic N) is 2. The Hall–Kier alpha value is -2.67. The number of urea groups is 1. The molecule has 0 radical (unpaired) electrons. The molecule has 1 saturated heterocycles. The number of carbonyl (C=O) groups is 2. The molecular formula is C17H14ClF2N3O2. The largest absolute Gasteiger partial charge is 0.325 e. The third kappa shape index (κ3) is 3.88. The number of hydrogen-bond acceptors (Lipinski definition) is 2. The molecule has 0 aliphatic carbocycles. The van der Waals surface area contributed by atoms with Gasteiger partial charge in [-0.25, -0.2) is 13.6 Å². The van der Waals surface area contributed by atoms with Crippen LogP contribution in [0.4, 0.5) is 25.0 Å². The molecule has 3 rings (SSSR count). The van der Waals surface area contributed by atoms with Gasteiger partial charge < -0.3 is 10.2 Å². The molecule has 1 N–H and O–H groups in total. The summed E-state index contributed by atoms with van der Waals surface area (Å²) in [6.45, 7) is 0.646. The predicted molar refractivity (Wildman–Crippen MR) is 90.8 cm³/mol. The lowest BCUT2D eigenvalue weighted by molar-refractivity contribution is -0.116. The van der Waals surface area contributed by atoms with Crippen molar-refractivity contribution in [2.75, 3.05) is 29.9 Å². The van der Waals surface area contributed by atoms with E-state index in [2.05, 4.69) is 5.32 Å². The Kier molecular flexibility index (Phi) is 4.85. The molecular weight excluding hydrogens is 352 g/mol. The number of benzene rings is 2. The molecule has 5 nitrogen and oxygen atoms in total. The maximum absolute atomic E-state index is 13.2. The fourth-order valence-electron chi connectivity index (χ4n) is 2.54. The van der Waals surface area contributed by atoms with Crippen molar-refractivity contribution in [2.24, 2.45) is 0 Å². The summed E-state index contributed by atoms with van der Waals surface area (Å²) in [5.74, 6) is -2.53. The zero-order chi connectivity index (χ0) is 18.0. The Balaban J connectivity index is 1.61. The van der Waals surface area contributed by atoms with Gasteiger partial charge in [0.15, 0.2) is 11.6 Å². The second kappa shape index (κ2) is 7.06. The molecule has 3 amide bonds. The summed E-state index contributed by atoms with van der Waals surface area (Å²) in [5.41, 5.74) is 0.822. The van der Waals surface area contributed by atoms with Crippen LogP contribution < -0.4 is 10.2 Å². The van der Waals surface area contributed by atoms with Crippen LogP contribution in [0.1, 0.15) is 0 Å². The summed E-state index contributed by atoms with van der Waals surface area (Å²) in [4.78, 5) is 27.4. The van der Waals surface area contributed by atoms with Gasteiger partial charge in [-0.1, -0.05) is 11.6 Å². The average Bonchev–Trinajstić information content (AvgIpc) is 2.93. The lowest BCUT2D eigenvalue weighted by Gasteiger charge is -2.18. The van der Waals surface area contributed by atoms with Crippen molar-refractivity contribution in [3.63, 3.8) is 0 Å². The first kappa shape index (κ1) is 17.2. The van der Waals surface area contributed by atoms with E-state index in [9.17, 15) is 18.4 Å². The molecule has 0 aromatic heterocycles. The van der Waals surface area contributed by atoms with Crippen LogP contribution in [0, 0.1) is 11.6 Å². The van der Waals surface area contributed by atoms with Gasteiger partial charge in [-0.2, -0.15) is 0 Å². The van der Waals surface area contributed by atoms with Crippen LogP contribution in [0.2, 0.25) is 5.02 Å². The van der Waals surface area contributed by atoms with Gasteiger partial charge in [-0.3, -0.25) is 9.69 Å². The SMILES string of the molecule is O=C(CN1CCN(c2ccc(Cl)cc2)C1=O)Nc1ccc(F)c(F)c1. The maximum atomic E-state index is 13.2. The Labute approximate surface area is 147 Å². The highest BCUT2D eigenvalue weighted by Gasteiger charge is 2.30. The number of rotatable bonds is 4. The lowest BCUT2D eigenvalue weighted by Crippen LogP contribution is -2.37. The Bertz CT molecular complexity index is 814. The third-order valence-corrected chi connectivity index (χ3v) is 4.02. The third-order valence-electron chi connectivity index (χ3n) is 3.77. The number of halogens is 3. The Morgan fingerprint density at radius 1 is 1.08 bits per heavy atom. The molecule has 25 heavy (non-hydrogen) atoms. The van der Waals surface area contributed by atoms with E-state index in [0.717, 1.165) is 12.1 Å². The van der Waals surface area contributed by atoms with Crippen LogP contribution in [0.15, 0.2) is 42.5 Å². The zero-order valence-corrected chi connectivity index (χ0v) is 13.8. The van der Waals surface area contributed by atoms with Gasteiger partial charge in [-0.05, 0) is 36.4 Å². The topological polar surface area (TPSA) is 52.7 Å². The second-order valence-electron chi connectivity index (χ2n) is 5.51. The standard InChI is InChI=1S/C17H14ClF2N3O2/c18-11-1-4-13(5-2-11)23-8-7-22(17(23)25)10-16(24)21-12-3-6-14(19)15(20)9-12/h1-6,9H,7-8,10H2,(H,21,24). The van der Waals surface area contributed by atoms with E-state index in [1.54, 1.807) is 29.2 Å². The average molecular weight is 366 g/mol. The van der Waals surface area contributed by atoms with Gasteiger partial charge in [0.05, 0.1) is 0 Å². The molecule has 0 spiro atoms. The van der Waals surface area contributed by atoms with Crippen LogP contribution in [0.5, 0.6) is 0 Å². The fourth-order valence-corrected chi connectivity index (χ4v) is 2.66. The molecule has 1 fully saturated rings. The Morgan fingerprint density at radius 3 is 2.48 bits per heavy atom. The summed E-state index contributed by atoms with van der Waals surface area (Å²) in [6.07, 6.45) is 0. The minimum absolute atomic E-state index is 0.130. The van der Waals surface area contributed by atoms with Crippen LogP contribution >= 0.6 is 11.6 Å². The van der Waals surface area contributed by atoms with Crippen molar-refractivity contribution in [1.82, 2.24) is 4.90 Å². The van der Waals surface area contributed by atoms with E-state index in [1.807, 2.05) is 0 Å². The van der Waals surface area contributed by atoms with Gasteiger partial charge in [0.1, 0.15) is 6.54 Å². The predicted octanol–water partition coefficient (Wildman–Crippen LogP) is 3.50. The Morgan fingerprint density at radius 2 is 1.80 bits per heavy atom. The molecule has 0 unspecified atom stereocenters. The van der Waals surface area contributed by atoms with Gasteiger partial charge in [0, 0.05) is 35.6 Å². The van der Waals surface area contributed by atoms with Crippen LogP contribution in [-0.4, -0.2) is 36.5 Å². The summed E-state index contributed by atoms with van der Waals surface area (Å²) in [6, 6.07) is 9.58. The van der Waals surface area contributed by atoms with Crippen LogP contribution in [0.3, 0.4) is 0 Å². The van der Waals surface area contributed by atoms with Gasteiger partial charge >= 0.3 is 6.03 Å². The molecule has 0 saturated carbocycles. The number of amides is 3. The number of anilines is 2. The molecule has 0 atom stereocenters. The van der Waals surface area contributed by atoms with Crippen LogP contribution in [-0.2, 0) is 4.79 Å². The van der Waals surface area contributed by atoms with Gasteiger partial charge in [0.25, 0.3) is 0 Å². The quantitative estimate of drug-likeness (QED) is 0.901. The van der Waals surface area contributed by atoms with Gasteiger partial charge in [0.2, 0.25) is 5.91 Å². The highest BCUT2D eigenvalue weighted by Crippen LogP contribution is 2.22. The molecule has 1 aliphatic rings. The molecule has 130 valence electrons. The lowest BCUT2D eigenvalue weighted by atomic mass is 10.3. The number of nitrogens with one attached hydrogen (secondary N) is 1. The van der Waals surface area contributed by atoms with Crippen molar-refractivity contribution in [3.05, 3.63) is 59.1 Å². The highest BCUT2D eigenvalue weighted by molar-refractivity contribution is 6.30. The molecule has 8 heteroatoms. The molecule has 1 heterocycles. The summed E-state index contributed by atoms with van der Waals surface area (Å²) < 4.78 is 26.0. The maximum Gasteiger partial charge on any atom is 0.325 e. The normalized spacial score (nSPS) is 14.1. The molecule has 2 aromatic rings. The van der Waals surface area contributed by atoms with E-state index >= 15 is 0 Å². The summed E-state index contributed by atoms with van der Waals surface area (Å²) >= 11 is 5.83. The zero-order valence-electron chi connectivity index (χ0n) is 13.0. The smallest absolute Gasteiger partial charge is 0.324 e. The van der Waals surface area contributed by atoms with E-state index < -0.39 is 17.5 Å². The van der Waals surface area contributed by atoms with Crippen LogP contribution in [0.25, 0.3) is 0 Å². The van der Waals surface area contributed by atoms with Crippen molar-refractivity contribution in [1.29, 1.82) is 0 Å². The number of carbonyl (C=O) groups excluding carboxylic acids is 2. The minimum atomic E-state index is -1.05. The second-order valence-corrected chi connectivity index (χ2v) is 5.95. The van der Waals surface area contributed by atoms with E-state index in [0.29, 0.717) is 23.8 Å². The first-order valence-electron chi connectivity index (χ1n) is 7.51. The summed E-state index contributed by atoms with van der Waals surface area (Å²) in [7, 11) is 0. The van der Waals surface area contributed by atoms with Crippen molar-refractivity contribution >= 4 is 34.9 Å². The van der Waals surface area contributed by atoms with E-state index in [4.69, 9.17) is 11.6 Å². The van der Waals surface area contributed by atoms with Crippen molar-refractivity contribution in [2.45, 2.75) is 0 Å². The summed E-state index contributed by atoms with van der Waals surface area (Å²) in [5, 5.41) is 3.01. The van der Waals surface area contributed by atoms with Crippen molar-refractivity contribution < 1.29 is 18.4 Å². The van der Waals surface area contributed by atoms with Crippen molar-refractivity contribution in [3.8, 4) is 0 Å². The van der Waals surface area contributed by atoms with Gasteiger partial charge in [-0.15, -0.1) is 0 Å². The molecule has 0 bridgehead atoms. The van der Waals surface area contributed by atoms with E-state index in [1.165, 1.54) is 11.0 Å². The molecule has 2 aromatic carbocycles. The molecule has 1 aliphatic heterocycles. The first-order chi connectivity index (χ1) is 11.9. The van der Waals surface area contributed by atoms with E-state index in [-0.39, 0.29) is 18.3 Å². The minimum Gasteiger partial charge on any atom is -0.324 e. The highest BCUT2D eigenvalue weighted by atomic mass is 35.5. The first-order valence-corrected chi connectivity index (χ1v) is 7.89.